The molecule has 0 amide bonds. The van der Waals surface area contributed by atoms with Crippen molar-refractivity contribution in [1.29, 1.82) is 0 Å². The number of benzene rings is 1. The number of nitro benzene ring substituents is 1. The maximum Gasteiger partial charge on any atom is 0.281 e. The zero-order valence-electron chi connectivity index (χ0n) is 13.3. The number of hydrogen-bond acceptors (Lipinski definition) is 7. The molecule has 25 heavy (non-hydrogen) atoms. The zero-order chi connectivity index (χ0) is 18.0. The van der Waals surface area contributed by atoms with E-state index in [1.807, 2.05) is 0 Å². The molecule has 1 aromatic carbocycles. The third-order valence-corrected chi connectivity index (χ3v) is 4.55. The topological polar surface area (TPSA) is 102 Å². The highest BCUT2D eigenvalue weighted by Crippen LogP contribution is 2.33. The molecule has 1 aliphatic heterocycles. The fourth-order valence-electron chi connectivity index (χ4n) is 2.90. The van der Waals surface area contributed by atoms with Gasteiger partial charge in [-0.25, -0.2) is 0 Å². The van der Waals surface area contributed by atoms with Crippen LogP contribution in [0.5, 0.6) is 0 Å². The predicted molar refractivity (Wildman–Crippen MR) is 89.9 cm³/mol. The minimum absolute atomic E-state index is 0.00234. The summed E-state index contributed by atoms with van der Waals surface area (Å²) in [7, 11) is 0. The Balaban J connectivity index is 1.79. The van der Waals surface area contributed by atoms with Gasteiger partial charge in [0, 0.05) is 37.8 Å². The molecule has 3 rings (SSSR count). The molecule has 132 valence electrons. The van der Waals surface area contributed by atoms with Crippen molar-refractivity contribution in [2.24, 2.45) is 0 Å². The van der Waals surface area contributed by atoms with E-state index in [-0.39, 0.29) is 21.9 Å². The van der Waals surface area contributed by atoms with Crippen LogP contribution in [0.1, 0.15) is 20.7 Å². The SMILES string of the molecule is O=C1C(NCCN2CCOCC2)=C(Cl)C(=O)c2c1cccc2[N+](=O)[O-]. The number of rotatable bonds is 5. The Kier molecular flexibility index (Phi) is 5.12. The molecule has 0 radical (unpaired) electrons. The molecule has 0 atom stereocenters. The van der Waals surface area contributed by atoms with Crippen LogP contribution < -0.4 is 5.32 Å². The van der Waals surface area contributed by atoms with E-state index >= 15 is 0 Å². The van der Waals surface area contributed by atoms with Crippen LogP contribution in [0, 0.1) is 10.1 Å². The molecule has 8 nitrogen and oxygen atoms in total. The minimum Gasteiger partial charge on any atom is -0.379 e. The van der Waals surface area contributed by atoms with Crippen LogP contribution in [0.4, 0.5) is 5.69 Å². The number of ketones is 2. The van der Waals surface area contributed by atoms with E-state index in [2.05, 4.69) is 10.2 Å². The summed E-state index contributed by atoms with van der Waals surface area (Å²) in [4.78, 5) is 37.7. The highest BCUT2D eigenvalue weighted by molar-refractivity contribution is 6.50. The lowest BCUT2D eigenvalue weighted by Crippen LogP contribution is -2.41. The summed E-state index contributed by atoms with van der Waals surface area (Å²) < 4.78 is 5.27. The van der Waals surface area contributed by atoms with Gasteiger partial charge in [-0.15, -0.1) is 0 Å². The number of allylic oxidation sites excluding steroid dienone is 2. The van der Waals surface area contributed by atoms with Crippen molar-refractivity contribution >= 4 is 28.9 Å². The summed E-state index contributed by atoms with van der Waals surface area (Å²) in [5, 5.41) is 13.7. The molecule has 1 aromatic rings. The van der Waals surface area contributed by atoms with Gasteiger partial charge in [0.05, 0.1) is 18.1 Å². The highest BCUT2D eigenvalue weighted by atomic mass is 35.5. The molecule has 2 aliphatic rings. The summed E-state index contributed by atoms with van der Waals surface area (Å²) in [5.41, 5.74) is -0.673. The molecule has 9 heteroatoms. The number of nitrogens with one attached hydrogen (secondary N) is 1. The van der Waals surface area contributed by atoms with E-state index < -0.39 is 22.2 Å². The third-order valence-electron chi connectivity index (χ3n) is 4.19. The lowest BCUT2D eigenvalue weighted by atomic mass is 9.91. The van der Waals surface area contributed by atoms with Gasteiger partial charge in [-0.05, 0) is 6.07 Å². The first-order chi connectivity index (χ1) is 12.0. The Hall–Kier alpha value is -2.29. The molecular formula is C16H16ClN3O5. The molecule has 0 unspecified atom stereocenters. The summed E-state index contributed by atoms with van der Waals surface area (Å²) in [6, 6.07) is 3.97. The average Bonchev–Trinajstić information content (AvgIpc) is 2.63. The van der Waals surface area contributed by atoms with Gasteiger partial charge < -0.3 is 10.1 Å². The Morgan fingerprint density at radius 1 is 1.24 bits per heavy atom. The number of carbonyl (C=O) groups is 2. The quantitative estimate of drug-likeness (QED) is 0.620. The molecule has 1 N–H and O–H groups in total. The number of ether oxygens (including phenoxy) is 1. The van der Waals surface area contributed by atoms with Crippen LogP contribution in [-0.2, 0) is 4.74 Å². The van der Waals surface area contributed by atoms with Crippen molar-refractivity contribution in [3.8, 4) is 0 Å². The summed E-state index contributed by atoms with van der Waals surface area (Å²) in [5.74, 6) is -1.22. The van der Waals surface area contributed by atoms with Crippen LogP contribution in [0.25, 0.3) is 0 Å². The van der Waals surface area contributed by atoms with Crippen molar-refractivity contribution < 1.29 is 19.2 Å². The average molecular weight is 366 g/mol. The number of carbonyl (C=O) groups excluding carboxylic acids is 2. The Bertz CT molecular complexity index is 771. The molecule has 0 bridgehead atoms. The number of Topliss-reactive ketones (excluding diaryl/α,β-unsaturated/α-hetero) is 2. The van der Waals surface area contributed by atoms with E-state index in [4.69, 9.17) is 16.3 Å². The summed E-state index contributed by atoms with van der Waals surface area (Å²) in [6.45, 7) is 4.03. The molecule has 1 aliphatic carbocycles. The molecule has 1 fully saturated rings. The Morgan fingerprint density at radius 3 is 2.64 bits per heavy atom. The van der Waals surface area contributed by atoms with Crippen molar-refractivity contribution in [2.45, 2.75) is 0 Å². The van der Waals surface area contributed by atoms with Crippen LogP contribution in [0.3, 0.4) is 0 Å². The third kappa shape index (κ3) is 3.41. The second-order valence-corrected chi connectivity index (χ2v) is 6.06. The van der Waals surface area contributed by atoms with Crippen molar-refractivity contribution in [3.05, 3.63) is 50.2 Å². The molecular weight excluding hydrogens is 350 g/mol. The van der Waals surface area contributed by atoms with Gasteiger partial charge in [-0.1, -0.05) is 17.7 Å². The van der Waals surface area contributed by atoms with Gasteiger partial charge >= 0.3 is 0 Å². The van der Waals surface area contributed by atoms with Gasteiger partial charge in [0.25, 0.3) is 5.69 Å². The standard InChI is InChI=1S/C16H16ClN3O5/c17-13-14(18-4-5-19-6-8-25-9-7-19)15(21)10-2-1-3-11(20(23)24)12(10)16(13)22/h1-3,18H,4-9H2. The second-order valence-electron chi connectivity index (χ2n) is 5.68. The van der Waals surface area contributed by atoms with Gasteiger partial charge in [0.1, 0.15) is 16.3 Å². The second kappa shape index (κ2) is 7.30. The fourth-order valence-corrected chi connectivity index (χ4v) is 3.15. The van der Waals surface area contributed by atoms with Crippen molar-refractivity contribution in [3.63, 3.8) is 0 Å². The van der Waals surface area contributed by atoms with Gasteiger partial charge in [0.2, 0.25) is 11.6 Å². The predicted octanol–water partition coefficient (Wildman–Crippen LogP) is 1.35. The van der Waals surface area contributed by atoms with Gasteiger partial charge in [-0.2, -0.15) is 0 Å². The van der Waals surface area contributed by atoms with E-state index in [1.54, 1.807) is 0 Å². The van der Waals surface area contributed by atoms with Crippen molar-refractivity contribution in [2.75, 3.05) is 39.4 Å². The zero-order valence-corrected chi connectivity index (χ0v) is 14.0. The van der Waals surface area contributed by atoms with E-state index in [0.717, 1.165) is 13.1 Å². The summed E-state index contributed by atoms with van der Waals surface area (Å²) in [6.07, 6.45) is 0. The first-order valence-electron chi connectivity index (χ1n) is 7.81. The van der Waals surface area contributed by atoms with Crippen molar-refractivity contribution in [1.82, 2.24) is 10.2 Å². The molecule has 1 saturated heterocycles. The summed E-state index contributed by atoms with van der Waals surface area (Å²) >= 11 is 6.04. The number of halogens is 1. The van der Waals surface area contributed by atoms with Crippen LogP contribution in [0.15, 0.2) is 28.9 Å². The maximum absolute atomic E-state index is 12.6. The number of morpholine rings is 1. The lowest BCUT2D eigenvalue weighted by Gasteiger charge is -2.27. The maximum atomic E-state index is 12.6. The molecule has 1 heterocycles. The number of fused-ring (bicyclic) bond motifs is 1. The molecule has 0 spiro atoms. The Morgan fingerprint density at radius 2 is 1.96 bits per heavy atom. The van der Waals surface area contributed by atoms with E-state index in [9.17, 15) is 19.7 Å². The monoisotopic (exact) mass is 365 g/mol. The number of hydrogen-bond donors (Lipinski definition) is 1. The van der Waals surface area contributed by atoms with Gasteiger partial charge in [-0.3, -0.25) is 24.6 Å². The fraction of sp³-hybridized carbons (Fsp3) is 0.375. The highest BCUT2D eigenvalue weighted by Gasteiger charge is 2.36. The van der Waals surface area contributed by atoms with Crippen LogP contribution in [-0.4, -0.2) is 60.8 Å². The van der Waals surface area contributed by atoms with Crippen LogP contribution >= 0.6 is 11.6 Å². The number of nitro groups is 1. The lowest BCUT2D eigenvalue weighted by molar-refractivity contribution is -0.385. The smallest absolute Gasteiger partial charge is 0.281 e. The van der Waals surface area contributed by atoms with Crippen LogP contribution in [0.2, 0.25) is 0 Å². The first-order valence-corrected chi connectivity index (χ1v) is 8.19. The molecule has 0 saturated carbocycles. The van der Waals surface area contributed by atoms with Gasteiger partial charge in [0.15, 0.2) is 0 Å². The molecule has 0 aromatic heterocycles. The minimum atomic E-state index is -0.711. The Labute approximate surface area is 148 Å². The largest absolute Gasteiger partial charge is 0.379 e. The normalized spacial score (nSPS) is 18.3. The number of nitrogens with zero attached hydrogens (tertiary/aromatic N) is 2. The van der Waals surface area contributed by atoms with E-state index in [1.165, 1.54) is 18.2 Å². The van der Waals surface area contributed by atoms with E-state index in [0.29, 0.717) is 26.3 Å². The first kappa shape index (κ1) is 17.5.